The van der Waals surface area contributed by atoms with Gasteiger partial charge in [0.25, 0.3) is 0 Å². The molecule has 3 heteroatoms. The molecule has 0 aromatic heterocycles. The number of benzene rings is 1. The molecule has 3 nitrogen and oxygen atoms in total. The van der Waals surface area contributed by atoms with Gasteiger partial charge in [-0.15, -0.1) is 0 Å². The largest absolute Gasteiger partial charge is 0.508 e. The molecule has 0 saturated carbocycles. The van der Waals surface area contributed by atoms with Gasteiger partial charge in [-0.3, -0.25) is 5.11 Å². The van der Waals surface area contributed by atoms with E-state index >= 15 is 0 Å². The Labute approximate surface area is 69.8 Å². The average Bonchev–Trinajstić information content (AvgIpc) is 2.28. The number of rotatable bonds is 0. The van der Waals surface area contributed by atoms with Crippen LogP contribution in [0.5, 0.6) is 0 Å². The summed E-state index contributed by atoms with van der Waals surface area (Å²) in [5.74, 6) is -0.361. The lowest BCUT2D eigenvalue weighted by Gasteiger charge is -1.98. The molecule has 0 heterocycles. The number of nitrogens with two attached hydrogens (primary N) is 1. The monoisotopic (exact) mass is 162 g/mol. The molecule has 2 rings (SSSR count). The van der Waals surface area contributed by atoms with E-state index in [2.05, 4.69) is 0 Å². The summed E-state index contributed by atoms with van der Waals surface area (Å²) in [5, 5.41) is 20.3. The van der Waals surface area contributed by atoms with Gasteiger partial charge in [-0.05, 0) is 23.8 Å². The Kier molecular flexibility index (Phi) is 1.27. The third-order valence-electron chi connectivity index (χ3n) is 1.99. The molecule has 61 valence electrons. The summed E-state index contributed by atoms with van der Waals surface area (Å²) in [7, 11) is 0. The van der Waals surface area contributed by atoms with E-state index in [1.54, 1.807) is 18.2 Å². The molecule has 0 amide bonds. The highest BCUT2D eigenvalue weighted by Gasteiger charge is 2.21. The molecule has 1 aliphatic carbocycles. The minimum atomic E-state index is -0.273. The Morgan fingerprint density at radius 2 is 2.17 bits per heavy atom. The number of allylic oxidation sites excluding steroid dienone is 1. The van der Waals surface area contributed by atoms with Gasteiger partial charge in [-0.25, -0.2) is 0 Å². The van der Waals surface area contributed by atoms with E-state index in [4.69, 9.17) is 10.8 Å². The van der Waals surface area contributed by atoms with Gasteiger partial charge in [0.05, 0.1) is 0 Å². The Balaban J connectivity index is 2.58. The lowest BCUT2D eigenvalue weighted by atomic mass is 10.1. The first-order valence-electron chi connectivity index (χ1n) is 3.66. The molecule has 0 bridgehead atoms. The van der Waals surface area contributed by atoms with E-state index in [-0.39, 0.29) is 11.5 Å². The number of aliphatic hydroxyl groups excluding tert-OH is 1. The zero-order valence-corrected chi connectivity index (χ0v) is 6.37. The van der Waals surface area contributed by atoms with Crippen LogP contribution >= 0.6 is 0 Å². The summed E-state index contributed by atoms with van der Waals surface area (Å²) in [6.45, 7) is 0. The molecule has 0 unspecified atom stereocenters. The normalized spacial score (nSPS) is 15.0. The number of aliphatic hydroxyl groups is 1. The van der Waals surface area contributed by atoms with Gasteiger partial charge in [0.2, 0.25) is 5.76 Å². The highest BCUT2D eigenvalue weighted by Crippen LogP contribution is 2.30. The van der Waals surface area contributed by atoms with Gasteiger partial charge in [0.1, 0.15) is 5.76 Å². The van der Waals surface area contributed by atoms with E-state index in [1.165, 1.54) is 0 Å². The van der Waals surface area contributed by atoms with E-state index < -0.39 is 0 Å². The molecule has 0 saturated heterocycles. The molecule has 1 aliphatic rings. The first-order valence-corrected chi connectivity index (χ1v) is 3.66. The minimum absolute atomic E-state index is 0.0874. The van der Waals surface area contributed by atoms with Crippen LogP contribution in [-0.4, -0.2) is 5.11 Å². The fourth-order valence-corrected chi connectivity index (χ4v) is 1.40. The summed E-state index contributed by atoms with van der Waals surface area (Å²) in [6, 6.07) is 5.03. The van der Waals surface area contributed by atoms with Crippen LogP contribution in [0.4, 0.5) is 5.69 Å². The number of hydrogen-bond acceptors (Lipinski definition) is 2. The Hall–Kier alpha value is -1.64. The van der Waals surface area contributed by atoms with Crippen LogP contribution < -0.4 is 5.73 Å². The maximum atomic E-state index is 11.2. The molecule has 12 heavy (non-hydrogen) atoms. The predicted molar refractivity (Wildman–Crippen MR) is 44.8 cm³/mol. The van der Waals surface area contributed by atoms with Crippen molar-refractivity contribution in [3.63, 3.8) is 0 Å². The third-order valence-corrected chi connectivity index (χ3v) is 1.99. The zero-order chi connectivity index (χ0) is 8.72. The first kappa shape index (κ1) is 7.03. The standard InChI is InChI=1S/C9H8NO2/c10-6-1-2-7-5(3-6)4-8(11)9(7)12/h1-3,11H,4,10H2. The van der Waals surface area contributed by atoms with Crippen LogP contribution in [0, 0.1) is 0 Å². The van der Waals surface area contributed by atoms with Crippen molar-refractivity contribution in [1.82, 2.24) is 0 Å². The van der Waals surface area contributed by atoms with E-state index in [0.717, 1.165) is 5.56 Å². The zero-order valence-electron chi connectivity index (χ0n) is 6.37. The second-order valence-corrected chi connectivity index (χ2v) is 2.87. The van der Waals surface area contributed by atoms with Crippen molar-refractivity contribution in [2.45, 2.75) is 6.42 Å². The van der Waals surface area contributed by atoms with Gasteiger partial charge in [0.15, 0.2) is 0 Å². The van der Waals surface area contributed by atoms with Crippen molar-refractivity contribution in [3.05, 3.63) is 35.1 Å². The van der Waals surface area contributed by atoms with E-state index in [0.29, 0.717) is 17.7 Å². The summed E-state index contributed by atoms with van der Waals surface area (Å²) >= 11 is 0. The van der Waals surface area contributed by atoms with Crippen LogP contribution in [0.1, 0.15) is 11.1 Å². The van der Waals surface area contributed by atoms with Gasteiger partial charge < -0.3 is 10.8 Å². The van der Waals surface area contributed by atoms with Gasteiger partial charge in [0, 0.05) is 17.7 Å². The summed E-state index contributed by atoms with van der Waals surface area (Å²) in [4.78, 5) is 0. The molecule has 0 spiro atoms. The van der Waals surface area contributed by atoms with Crippen LogP contribution in [-0.2, 0) is 11.5 Å². The molecule has 1 aromatic carbocycles. The maximum absolute atomic E-state index is 11.2. The fraction of sp³-hybridized carbons (Fsp3) is 0.111. The predicted octanol–water partition coefficient (Wildman–Crippen LogP) is 1.48. The molecule has 1 radical (unpaired) electrons. The summed E-state index contributed by atoms with van der Waals surface area (Å²) in [6.07, 6.45) is 0.319. The Morgan fingerprint density at radius 1 is 1.42 bits per heavy atom. The molecule has 3 N–H and O–H groups in total. The van der Waals surface area contributed by atoms with E-state index in [1.807, 2.05) is 0 Å². The highest BCUT2D eigenvalue weighted by molar-refractivity contribution is 5.70. The second-order valence-electron chi connectivity index (χ2n) is 2.87. The molecule has 0 atom stereocenters. The van der Waals surface area contributed by atoms with Crippen LogP contribution in [0.25, 0.3) is 5.76 Å². The SMILES string of the molecule is Nc1ccc2c(c1)CC(O)=C2[O]. The molecule has 0 aliphatic heterocycles. The molecule has 1 aromatic rings. The van der Waals surface area contributed by atoms with Crippen molar-refractivity contribution >= 4 is 11.4 Å². The van der Waals surface area contributed by atoms with Crippen molar-refractivity contribution in [3.8, 4) is 0 Å². The highest BCUT2D eigenvalue weighted by atomic mass is 16.3. The molecular weight excluding hydrogens is 154 g/mol. The summed E-state index contributed by atoms with van der Waals surface area (Å²) in [5.41, 5.74) is 7.53. The van der Waals surface area contributed by atoms with Gasteiger partial charge in [-0.2, -0.15) is 0 Å². The fourth-order valence-electron chi connectivity index (χ4n) is 1.40. The Morgan fingerprint density at radius 3 is 2.92 bits per heavy atom. The lowest BCUT2D eigenvalue weighted by Crippen LogP contribution is -1.89. The van der Waals surface area contributed by atoms with E-state index in [9.17, 15) is 5.11 Å². The van der Waals surface area contributed by atoms with Crippen molar-refractivity contribution in [1.29, 1.82) is 0 Å². The summed E-state index contributed by atoms with van der Waals surface area (Å²) < 4.78 is 0. The van der Waals surface area contributed by atoms with Crippen molar-refractivity contribution in [2.75, 3.05) is 5.73 Å². The van der Waals surface area contributed by atoms with Gasteiger partial charge in [-0.1, -0.05) is 0 Å². The molecule has 0 fully saturated rings. The van der Waals surface area contributed by atoms with Crippen LogP contribution in [0.2, 0.25) is 0 Å². The lowest BCUT2D eigenvalue weighted by molar-refractivity contribution is 0.336. The van der Waals surface area contributed by atoms with Gasteiger partial charge >= 0.3 is 0 Å². The second kappa shape index (κ2) is 2.17. The average molecular weight is 162 g/mol. The number of hydrogen-bond donors (Lipinski definition) is 2. The number of anilines is 1. The molecular formula is C9H8NO2. The third kappa shape index (κ3) is 0.830. The van der Waals surface area contributed by atoms with Crippen molar-refractivity contribution < 1.29 is 10.2 Å². The van der Waals surface area contributed by atoms with Crippen molar-refractivity contribution in [2.24, 2.45) is 0 Å². The topological polar surface area (TPSA) is 66.2 Å². The number of nitrogen functional groups attached to an aromatic ring is 1. The number of fused-ring (bicyclic) bond motifs is 1. The smallest absolute Gasteiger partial charge is 0.223 e. The minimum Gasteiger partial charge on any atom is -0.508 e. The first-order chi connectivity index (χ1) is 5.68. The Bertz CT molecular complexity index is 369. The van der Waals surface area contributed by atoms with Crippen LogP contribution in [0.15, 0.2) is 24.0 Å². The quantitative estimate of drug-likeness (QED) is 0.567. The van der Waals surface area contributed by atoms with Crippen LogP contribution in [0.3, 0.4) is 0 Å². The maximum Gasteiger partial charge on any atom is 0.223 e.